The molecule has 0 fully saturated rings. The SMILES string of the molecule is CC(C)CCOc1ccc(C(=O)Nc2cccc(Cl)c2Cl)cc1Br. The summed E-state index contributed by atoms with van der Waals surface area (Å²) in [5, 5.41) is 3.47. The van der Waals surface area contributed by atoms with Crippen LogP contribution in [0.4, 0.5) is 5.69 Å². The van der Waals surface area contributed by atoms with Crippen LogP contribution in [0.2, 0.25) is 10.0 Å². The van der Waals surface area contributed by atoms with Gasteiger partial charge in [-0.1, -0.05) is 43.1 Å². The quantitative estimate of drug-likeness (QED) is 0.572. The van der Waals surface area contributed by atoms with Crippen LogP contribution in [0.15, 0.2) is 40.9 Å². The van der Waals surface area contributed by atoms with Gasteiger partial charge in [0, 0.05) is 5.56 Å². The summed E-state index contributed by atoms with van der Waals surface area (Å²) in [5.41, 5.74) is 0.969. The molecule has 128 valence electrons. The Morgan fingerprint density at radius 3 is 2.67 bits per heavy atom. The molecule has 24 heavy (non-hydrogen) atoms. The topological polar surface area (TPSA) is 38.3 Å². The highest BCUT2D eigenvalue weighted by Crippen LogP contribution is 2.31. The fourth-order valence-corrected chi connectivity index (χ4v) is 2.80. The lowest BCUT2D eigenvalue weighted by atomic mass is 10.1. The zero-order valence-corrected chi connectivity index (χ0v) is 16.5. The van der Waals surface area contributed by atoms with Crippen molar-refractivity contribution in [2.45, 2.75) is 20.3 Å². The van der Waals surface area contributed by atoms with Gasteiger partial charge in [0.15, 0.2) is 0 Å². The number of carbonyl (C=O) groups excluding carboxylic acids is 1. The molecule has 2 aromatic rings. The number of rotatable bonds is 6. The average molecular weight is 431 g/mol. The van der Waals surface area contributed by atoms with E-state index in [1.807, 2.05) is 0 Å². The number of benzene rings is 2. The molecule has 0 saturated heterocycles. The summed E-state index contributed by atoms with van der Waals surface area (Å²) in [6.45, 7) is 4.93. The highest BCUT2D eigenvalue weighted by molar-refractivity contribution is 9.10. The van der Waals surface area contributed by atoms with Gasteiger partial charge in [0.05, 0.1) is 26.8 Å². The normalized spacial score (nSPS) is 10.8. The third-order valence-electron chi connectivity index (χ3n) is 3.35. The summed E-state index contributed by atoms with van der Waals surface area (Å²) in [4.78, 5) is 12.4. The lowest BCUT2D eigenvalue weighted by Crippen LogP contribution is -2.12. The van der Waals surface area contributed by atoms with Crippen LogP contribution in [0.25, 0.3) is 0 Å². The predicted molar refractivity (Wildman–Crippen MR) is 104 cm³/mol. The van der Waals surface area contributed by atoms with Gasteiger partial charge in [-0.25, -0.2) is 0 Å². The molecule has 1 N–H and O–H groups in total. The molecule has 0 aromatic heterocycles. The maximum Gasteiger partial charge on any atom is 0.255 e. The molecule has 0 aliphatic rings. The van der Waals surface area contributed by atoms with Crippen molar-refractivity contribution in [3.63, 3.8) is 0 Å². The van der Waals surface area contributed by atoms with E-state index in [1.165, 1.54) is 0 Å². The van der Waals surface area contributed by atoms with Gasteiger partial charge >= 0.3 is 0 Å². The van der Waals surface area contributed by atoms with E-state index in [4.69, 9.17) is 27.9 Å². The van der Waals surface area contributed by atoms with Crippen LogP contribution in [0.1, 0.15) is 30.6 Å². The van der Waals surface area contributed by atoms with Gasteiger partial charge in [-0.05, 0) is 58.6 Å². The lowest BCUT2D eigenvalue weighted by Gasteiger charge is -2.12. The van der Waals surface area contributed by atoms with Gasteiger partial charge < -0.3 is 10.1 Å². The Bertz CT molecular complexity index is 735. The van der Waals surface area contributed by atoms with Crippen LogP contribution in [-0.2, 0) is 0 Å². The Kier molecular flexibility index (Phi) is 6.96. The summed E-state index contributed by atoms with van der Waals surface area (Å²) in [6.07, 6.45) is 0.974. The van der Waals surface area contributed by atoms with Gasteiger partial charge in [0.1, 0.15) is 5.75 Å². The Morgan fingerprint density at radius 2 is 2.00 bits per heavy atom. The van der Waals surface area contributed by atoms with Crippen LogP contribution in [-0.4, -0.2) is 12.5 Å². The first-order valence-corrected chi connectivity index (χ1v) is 9.11. The van der Waals surface area contributed by atoms with Gasteiger partial charge in [-0.15, -0.1) is 0 Å². The van der Waals surface area contributed by atoms with Gasteiger partial charge in [0.2, 0.25) is 0 Å². The molecule has 0 atom stereocenters. The Morgan fingerprint density at radius 1 is 1.25 bits per heavy atom. The van der Waals surface area contributed by atoms with E-state index in [2.05, 4.69) is 35.1 Å². The molecular formula is C18H18BrCl2NO2. The molecule has 0 heterocycles. The summed E-state index contributed by atoms with van der Waals surface area (Å²) in [6, 6.07) is 10.3. The largest absolute Gasteiger partial charge is 0.492 e. The fraction of sp³-hybridized carbons (Fsp3) is 0.278. The van der Waals surface area contributed by atoms with Crippen LogP contribution >= 0.6 is 39.1 Å². The van der Waals surface area contributed by atoms with Crippen molar-refractivity contribution < 1.29 is 9.53 Å². The molecule has 3 nitrogen and oxygen atoms in total. The number of carbonyl (C=O) groups is 1. The minimum absolute atomic E-state index is 0.270. The molecule has 0 spiro atoms. The number of ether oxygens (including phenoxy) is 1. The molecule has 0 aliphatic carbocycles. The summed E-state index contributed by atoms with van der Waals surface area (Å²) in [5.74, 6) is 1.03. The van der Waals surface area contributed by atoms with E-state index < -0.39 is 0 Å². The third-order valence-corrected chi connectivity index (χ3v) is 4.79. The number of anilines is 1. The Labute approximate surface area is 160 Å². The maximum absolute atomic E-state index is 12.4. The van der Waals surface area contributed by atoms with Crippen molar-refractivity contribution in [1.82, 2.24) is 0 Å². The molecule has 0 unspecified atom stereocenters. The smallest absolute Gasteiger partial charge is 0.255 e. The summed E-state index contributed by atoms with van der Waals surface area (Å²) in [7, 11) is 0. The van der Waals surface area contributed by atoms with E-state index in [0.29, 0.717) is 39.6 Å². The standard InChI is InChI=1S/C18H18BrCl2NO2/c1-11(2)8-9-24-16-7-6-12(10-13(16)19)18(23)22-15-5-3-4-14(20)17(15)21/h3-7,10-11H,8-9H2,1-2H3,(H,22,23). The fourth-order valence-electron chi connectivity index (χ4n) is 1.96. The molecule has 2 aromatic carbocycles. The van der Waals surface area contributed by atoms with Crippen LogP contribution in [0, 0.1) is 5.92 Å². The van der Waals surface area contributed by atoms with E-state index in [0.717, 1.165) is 10.9 Å². The van der Waals surface area contributed by atoms with Crippen LogP contribution < -0.4 is 10.1 Å². The van der Waals surface area contributed by atoms with Crippen molar-refractivity contribution in [2.24, 2.45) is 5.92 Å². The number of halogens is 3. The molecule has 0 bridgehead atoms. The summed E-state index contributed by atoms with van der Waals surface area (Å²) >= 11 is 15.5. The highest BCUT2D eigenvalue weighted by Gasteiger charge is 2.12. The molecule has 0 saturated carbocycles. The Hall–Kier alpha value is -1.23. The van der Waals surface area contributed by atoms with Crippen molar-refractivity contribution in [2.75, 3.05) is 11.9 Å². The maximum atomic E-state index is 12.4. The molecule has 6 heteroatoms. The minimum Gasteiger partial charge on any atom is -0.492 e. The second-order valence-electron chi connectivity index (χ2n) is 5.73. The monoisotopic (exact) mass is 429 g/mol. The second kappa shape index (κ2) is 8.75. The van der Waals surface area contributed by atoms with Crippen molar-refractivity contribution >= 4 is 50.7 Å². The van der Waals surface area contributed by atoms with E-state index in [9.17, 15) is 4.79 Å². The third kappa shape index (κ3) is 5.13. The molecule has 0 aliphatic heterocycles. The van der Waals surface area contributed by atoms with Crippen molar-refractivity contribution in [1.29, 1.82) is 0 Å². The first-order chi connectivity index (χ1) is 11.4. The van der Waals surface area contributed by atoms with Crippen molar-refractivity contribution in [3.8, 4) is 5.75 Å². The van der Waals surface area contributed by atoms with Crippen molar-refractivity contribution in [3.05, 3.63) is 56.5 Å². The number of amides is 1. The van der Waals surface area contributed by atoms with Gasteiger partial charge in [-0.3, -0.25) is 4.79 Å². The van der Waals surface area contributed by atoms with E-state index in [-0.39, 0.29) is 5.91 Å². The zero-order valence-electron chi connectivity index (χ0n) is 13.4. The number of nitrogens with one attached hydrogen (secondary N) is 1. The zero-order chi connectivity index (χ0) is 17.7. The molecule has 2 rings (SSSR count). The van der Waals surface area contributed by atoms with E-state index >= 15 is 0 Å². The lowest BCUT2D eigenvalue weighted by molar-refractivity contribution is 0.102. The molecule has 1 amide bonds. The minimum atomic E-state index is -0.270. The highest BCUT2D eigenvalue weighted by atomic mass is 79.9. The van der Waals surface area contributed by atoms with Crippen LogP contribution in [0.3, 0.4) is 0 Å². The Balaban J connectivity index is 2.07. The second-order valence-corrected chi connectivity index (χ2v) is 7.37. The predicted octanol–water partition coefficient (Wildman–Crippen LogP) is 6.43. The average Bonchev–Trinajstić information content (AvgIpc) is 2.53. The van der Waals surface area contributed by atoms with Gasteiger partial charge in [0.25, 0.3) is 5.91 Å². The number of hydrogen-bond donors (Lipinski definition) is 1. The van der Waals surface area contributed by atoms with Crippen LogP contribution in [0.5, 0.6) is 5.75 Å². The molecular weight excluding hydrogens is 413 g/mol. The van der Waals surface area contributed by atoms with Gasteiger partial charge in [-0.2, -0.15) is 0 Å². The number of hydrogen-bond acceptors (Lipinski definition) is 2. The first-order valence-electron chi connectivity index (χ1n) is 7.56. The van der Waals surface area contributed by atoms with E-state index in [1.54, 1.807) is 36.4 Å². The molecule has 0 radical (unpaired) electrons. The first kappa shape index (κ1) is 19.1. The summed E-state index contributed by atoms with van der Waals surface area (Å²) < 4.78 is 6.45.